The third-order valence-electron chi connectivity index (χ3n) is 1.91. The van der Waals surface area contributed by atoms with Crippen molar-refractivity contribution >= 4 is 11.8 Å². The van der Waals surface area contributed by atoms with Crippen LogP contribution in [0.25, 0.3) is 0 Å². The van der Waals surface area contributed by atoms with E-state index in [4.69, 9.17) is 0 Å². The summed E-state index contributed by atoms with van der Waals surface area (Å²) in [5.41, 5.74) is 1.44. The third kappa shape index (κ3) is 4.96. The average molecular weight is 195 g/mol. The van der Waals surface area contributed by atoms with Gasteiger partial charge in [0.1, 0.15) is 0 Å². The van der Waals surface area contributed by atoms with Gasteiger partial charge in [-0.1, -0.05) is 30.3 Å². The maximum Gasteiger partial charge on any atom is 0.0415 e. The molecule has 72 valence electrons. The molecule has 1 aromatic carbocycles. The van der Waals surface area contributed by atoms with Gasteiger partial charge >= 0.3 is 0 Å². The van der Waals surface area contributed by atoms with Crippen LogP contribution >= 0.6 is 11.8 Å². The van der Waals surface area contributed by atoms with Gasteiger partial charge in [-0.2, -0.15) is 0 Å². The van der Waals surface area contributed by atoms with E-state index in [1.54, 1.807) is 0 Å². The third-order valence-corrected chi connectivity index (χ3v) is 2.40. The molecule has 1 aromatic rings. The number of nitrogens with one attached hydrogen (secondary N) is 1. The van der Waals surface area contributed by atoms with Gasteiger partial charge < -0.3 is 5.32 Å². The van der Waals surface area contributed by atoms with Crippen LogP contribution in [0.2, 0.25) is 0 Å². The minimum atomic E-state index is 1.06. The second-order valence-electron chi connectivity index (χ2n) is 3.02. The SMILES string of the molecule is CSCNCCCc1ccccc1. The summed E-state index contributed by atoms with van der Waals surface area (Å²) in [6.07, 6.45) is 4.52. The Bertz CT molecular complexity index is 211. The highest BCUT2D eigenvalue weighted by atomic mass is 32.2. The first kappa shape index (κ1) is 10.6. The molecule has 0 radical (unpaired) electrons. The molecule has 13 heavy (non-hydrogen) atoms. The Balaban J connectivity index is 2.07. The zero-order valence-electron chi connectivity index (χ0n) is 8.12. The van der Waals surface area contributed by atoms with Crippen LogP contribution in [0, 0.1) is 0 Å². The highest BCUT2D eigenvalue weighted by Gasteiger charge is 1.90. The van der Waals surface area contributed by atoms with Gasteiger partial charge in [0.25, 0.3) is 0 Å². The normalized spacial score (nSPS) is 10.2. The molecule has 0 saturated heterocycles. The lowest BCUT2D eigenvalue weighted by Gasteiger charge is -2.02. The van der Waals surface area contributed by atoms with Crippen molar-refractivity contribution in [1.29, 1.82) is 0 Å². The summed E-state index contributed by atoms with van der Waals surface area (Å²) < 4.78 is 0. The van der Waals surface area contributed by atoms with Gasteiger partial charge in [-0.15, -0.1) is 11.8 Å². The highest BCUT2D eigenvalue weighted by molar-refractivity contribution is 7.98. The Morgan fingerprint density at radius 2 is 2.00 bits per heavy atom. The van der Waals surface area contributed by atoms with E-state index < -0.39 is 0 Å². The molecule has 0 aliphatic rings. The second kappa shape index (κ2) is 6.98. The summed E-state index contributed by atoms with van der Waals surface area (Å²) in [6, 6.07) is 10.6. The first-order valence-corrected chi connectivity index (χ1v) is 6.06. The van der Waals surface area contributed by atoms with Crippen molar-refractivity contribution in [3.05, 3.63) is 35.9 Å². The van der Waals surface area contributed by atoms with Gasteiger partial charge in [-0.3, -0.25) is 0 Å². The molecule has 0 spiro atoms. The van der Waals surface area contributed by atoms with Crippen molar-refractivity contribution in [1.82, 2.24) is 5.32 Å². The van der Waals surface area contributed by atoms with E-state index in [2.05, 4.69) is 41.9 Å². The summed E-state index contributed by atoms with van der Waals surface area (Å²) in [5.74, 6) is 1.06. The Hall–Kier alpha value is -0.470. The molecule has 0 fully saturated rings. The molecule has 2 heteroatoms. The van der Waals surface area contributed by atoms with Gasteiger partial charge in [-0.05, 0) is 31.2 Å². The molecule has 0 aliphatic carbocycles. The van der Waals surface area contributed by atoms with E-state index in [9.17, 15) is 0 Å². The molecule has 1 rings (SSSR count). The molecular weight excluding hydrogens is 178 g/mol. The fourth-order valence-electron chi connectivity index (χ4n) is 1.24. The molecule has 0 saturated carbocycles. The second-order valence-corrected chi connectivity index (χ2v) is 3.89. The predicted molar refractivity (Wildman–Crippen MR) is 61.1 cm³/mol. The van der Waals surface area contributed by atoms with Crippen LogP contribution in [-0.4, -0.2) is 18.7 Å². The van der Waals surface area contributed by atoms with Crippen LogP contribution in [0.3, 0.4) is 0 Å². The van der Waals surface area contributed by atoms with Crippen molar-refractivity contribution in [3.63, 3.8) is 0 Å². The quantitative estimate of drug-likeness (QED) is 0.553. The van der Waals surface area contributed by atoms with Crippen molar-refractivity contribution < 1.29 is 0 Å². The molecule has 1 N–H and O–H groups in total. The average Bonchev–Trinajstić information content (AvgIpc) is 2.19. The van der Waals surface area contributed by atoms with Gasteiger partial charge in [0.05, 0.1) is 0 Å². The summed E-state index contributed by atoms with van der Waals surface area (Å²) >= 11 is 1.84. The zero-order chi connectivity index (χ0) is 9.36. The van der Waals surface area contributed by atoms with Gasteiger partial charge in [-0.25, -0.2) is 0 Å². The van der Waals surface area contributed by atoms with Crippen LogP contribution in [0.5, 0.6) is 0 Å². The van der Waals surface area contributed by atoms with Gasteiger partial charge in [0, 0.05) is 5.88 Å². The zero-order valence-corrected chi connectivity index (χ0v) is 8.94. The van der Waals surface area contributed by atoms with Crippen LogP contribution in [0.1, 0.15) is 12.0 Å². The number of benzene rings is 1. The molecule has 0 heterocycles. The topological polar surface area (TPSA) is 12.0 Å². The maximum atomic E-state index is 3.37. The van der Waals surface area contributed by atoms with Crippen molar-refractivity contribution in [2.75, 3.05) is 18.7 Å². The largest absolute Gasteiger partial charge is 0.308 e. The van der Waals surface area contributed by atoms with Crippen LogP contribution in [0.15, 0.2) is 30.3 Å². The molecule has 0 aromatic heterocycles. The Labute approximate surface area is 84.9 Å². The predicted octanol–water partition coefficient (Wildman–Crippen LogP) is 2.53. The lowest BCUT2D eigenvalue weighted by atomic mass is 10.1. The minimum Gasteiger partial charge on any atom is -0.308 e. The fourth-order valence-corrected chi connectivity index (χ4v) is 1.58. The number of aryl methyl sites for hydroxylation is 1. The van der Waals surface area contributed by atoms with Gasteiger partial charge in [0.15, 0.2) is 0 Å². The van der Waals surface area contributed by atoms with Gasteiger partial charge in [0.2, 0.25) is 0 Å². The van der Waals surface area contributed by atoms with Crippen molar-refractivity contribution in [3.8, 4) is 0 Å². The molecular formula is C11H17NS. The number of hydrogen-bond acceptors (Lipinski definition) is 2. The number of hydrogen-bond donors (Lipinski definition) is 1. The van der Waals surface area contributed by atoms with Crippen LogP contribution in [0.4, 0.5) is 0 Å². The molecule has 0 amide bonds. The molecule has 0 unspecified atom stereocenters. The summed E-state index contributed by atoms with van der Waals surface area (Å²) in [7, 11) is 0. The molecule has 1 nitrogen and oxygen atoms in total. The van der Waals surface area contributed by atoms with E-state index in [1.165, 1.54) is 18.4 Å². The first-order valence-electron chi connectivity index (χ1n) is 4.67. The van der Waals surface area contributed by atoms with Crippen LogP contribution < -0.4 is 5.32 Å². The lowest BCUT2D eigenvalue weighted by molar-refractivity contribution is 0.713. The lowest BCUT2D eigenvalue weighted by Crippen LogP contribution is -2.14. The standard InChI is InChI=1S/C11H17NS/c1-13-10-12-9-5-8-11-6-3-2-4-7-11/h2-4,6-7,12H,5,8-10H2,1H3. The number of rotatable bonds is 6. The Morgan fingerprint density at radius 1 is 1.23 bits per heavy atom. The number of thioether (sulfide) groups is 1. The van der Waals surface area contributed by atoms with E-state index >= 15 is 0 Å². The molecule has 0 atom stereocenters. The highest BCUT2D eigenvalue weighted by Crippen LogP contribution is 2.01. The molecule has 0 bridgehead atoms. The van der Waals surface area contributed by atoms with Crippen molar-refractivity contribution in [2.24, 2.45) is 0 Å². The smallest absolute Gasteiger partial charge is 0.0415 e. The van der Waals surface area contributed by atoms with E-state index in [0.717, 1.165) is 12.4 Å². The monoisotopic (exact) mass is 195 g/mol. The minimum absolute atomic E-state index is 1.06. The van der Waals surface area contributed by atoms with Crippen molar-refractivity contribution in [2.45, 2.75) is 12.8 Å². The maximum absolute atomic E-state index is 3.37. The molecule has 0 aliphatic heterocycles. The summed E-state index contributed by atoms with van der Waals surface area (Å²) in [6.45, 7) is 1.12. The van der Waals surface area contributed by atoms with E-state index in [1.807, 2.05) is 11.8 Å². The summed E-state index contributed by atoms with van der Waals surface area (Å²) in [5, 5.41) is 3.37. The van der Waals surface area contributed by atoms with E-state index in [-0.39, 0.29) is 0 Å². The first-order chi connectivity index (χ1) is 6.43. The van der Waals surface area contributed by atoms with E-state index in [0.29, 0.717) is 0 Å². The Morgan fingerprint density at radius 3 is 2.69 bits per heavy atom. The fraction of sp³-hybridized carbons (Fsp3) is 0.455. The van der Waals surface area contributed by atoms with Crippen LogP contribution in [-0.2, 0) is 6.42 Å². The summed E-state index contributed by atoms with van der Waals surface area (Å²) in [4.78, 5) is 0. The Kier molecular flexibility index (Phi) is 5.70.